The Balaban J connectivity index is 1.78. The number of nitrogens with zero attached hydrogens (tertiary/aromatic N) is 1. The molecule has 3 aromatic rings. The van der Waals surface area contributed by atoms with Crippen LogP contribution in [0.5, 0.6) is 11.5 Å². The number of nitrogens with two attached hydrogens (primary N) is 2. The molecular formula is C21H21N3O2. The fourth-order valence-corrected chi connectivity index (χ4v) is 2.42. The van der Waals surface area contributed by atoms with Gasteiger partial charge in [-0.1, -0.05) is 60.7 Å². The van der Waals surface area contributed by atoms with Crippen LogP contribution in [0.2, 0.25) is 0 Å². The number of hydrogen-bond acceptors (Lipinski definition) is 3. The molecule has 4 N–H and O–H groups in total. The van der Waals surface area contributed by atoms with Crippen LogP contribution < -0.4 is 20.9 Å². The van der Waals surface area contributed by atoms with E-state index in [0.29, 0.717) is 30.4 Å². The Morgan fingerprint density at radius 3 is 1.77 bits per heavy atom. The summed E-state index contributed by atoms with van der Waals surface area (Å²) in [7, 11) is 0. The van der Waals surface area contributed by atoms with Gasteiger partial charge >= 0.3 is 0 Å². The minimum Gasteiger partial charge on any atom is -0.485 e. The van der Waals surface area contributed by atoms with Crippen LogP contribution in [0.25, 0.3) is 0 Å². The minimum atomic E-state index is -0.00281. The molecule has 5 heteroatoms. The summed E-state index contributed by atoms with van der Waals surface area (Å²) in [5.41, 5.74) is 13.7. The molecule has 0 heterocycles. The zero-order chi connectivity index (χ0) is 18.2. The van der Waals surface area contributed by atoms with Crippen LogP contribution in [0.3, 0.4) is 0 Å². The second-order valence-corrected chi connectivity index (χ2v) is 5.72. The predicted molar refractivity (Wildman–Crippen MR) is 103 cm³/mol. The van der Waals surface area contributed by atoms with Crippen molar-refractivity contribution >= 4 is 11.6 Å². The van der Waals surface area contributed by atoms with Gasteiger partial charge in [0.2, 0.25) is 0 Å². The van der Waals surface area contributed by atoms with Gasteiger partial charge in [-0.3, -0.25) is 0 Å². The Bertz CT molecular complexity index is 861. The summed E-state index contributed by atoms with van der Waals surface area (Å²) in [5, 5.41) is 0. The number of hydrogen-bond donors (Lipinski definition) is 2. The maximum atomic E-state index is 5.96. The smallest absolute Gasteiger partial charge is 0.191 e. The molecule has 132 valence electrons. The van der Waals surface area contributed by atoms with Crippen molar-refractivity contribution in [3.8, 4) is 11.5 Å². The lowest BCUT2D eigenvalue weighted by Gasteiger charge is -2.14. The second kappa shape index (κ2) is 8.58. The van der Waals surface area contributed by atoms with E-state index in [0.717, 1.165) is 11.1 Å². The summed E-state index contributed by atoms with van der Waals surface area (Å²) < 4.78 is 11.9. The summed E-state index contributed by atoms with van der Waals surface area (Å²) >= 11 is 0. The average molecular weight is 347 g/mol. The van der Waals surface area contributed by atoms with Crippen LogP contribution in [-0.2, 0) is 13.2 Å². The van der Waals surface area contributed by atoms with E-state index in [-0.39, 0.29) is 5.96 Å². The number of guanidine groups is 1. The first-order chi connectivity index (χ1) is 12.7. The lowest BCUT2D eigenvalue weighted by atomic mass is 10.2. The van der Waals surface area contributed by atoms with Gasteiger partial charge in [-0.05, 0) is 23.3 Å². The SMILES string of the molecule is NC(N)=Nc1ccc(OCc2ccccc2)c(OCc2ccccc2)c1. The molecule has 26 heavy (non-hydrogen) atoms. The van der Waals surface area contributed by atoms with Crippen molar-refractivity contribution in [2.75, 3.05) is 0 Å². The van der Waals surface area contributed by atoms with E-state index in [9.17, 15) is 0 Å². The van der Waals surface area contributed by atoms with Crippen LogP contribution in [0.4, 0.5) is 5.69 Å². The first kappa shape index (κ1) is 17.4. The van der Waals surface area contributed by atoms with Crippen molar-refractivity contribution in [2.24, 2.45) is 16.5 Å². The lowest BCUT2D eigenvalue weighted by Crippen LogP contribution is -2.21. The zero-order valence-corrected chi connectivity index (χ0v) is 14.3. The molecule has 0 spiro atoms. The summed E-state index contributed by atoms with van der Waals surface area (Å²) in [6.45, 7) is 0.873. The van der Waals surface area contributed by atoms with E-state index in [2.05, 4.69) is 4.99 Å². The Kier molecular flexibility index (Phi) is 5.72. The third-order valence-electron chi connectivity index (χ3n) is 3.66. The zero-order valence-electron chi connectivity index (χ0n) is 14.3. The van der Waals surface area contributed by atoms with Gasteiger partial charge in [0.05, 0.1) is 5.69 Å². The Morgan fingerprint density at radius 2 is 1.23 bits per heavy atom. The summed E-state index contributed by atoms with van der Waals surface area (Å²) in [6, 6.07) is 25.2. The molecular weight excluding hydrogens is 326 g/mol. The summed E-state index contributed by atoms with van der Waals surface area (Å²) in [5.74, 6) is 1.23. The van der Waals surface area contributed by atoms with Gasteiger partial charge in [0.15, 0.2) is 17.5 Å². The monoisotopic (exact) mass is 347 g/mol. The van der Waals surface area contributed by atoms with E-state index >= 15 is 0 Å². The van der Waals surface area contributed by atoms with E-state index < -0.39 is 0 Å². The van der Waals surface area contributed by atoms with Gasteiger partial charge in [-0.25, -0.2) is 4.99 Å². The quantitative estimate of drug-likeness (QED) is 0.504. The average Bonchev–Trinajstić information content (AvgIpc) is 2.67. The third kappa shape index (κ3) is 5.01. The van der Waals surface area contributed by atoms with Crippen LogP contribution >= 0.6 is 0 Å². The van der Waals surface area contributed by atoms with E-state index in [1.54, 1.807) is 12.1 Å². The van der Waals surface area contributed by atoms with Crippen LogP contribution in [0, 0.1) is 0 Å². The topological polar surface area (TPSA) is 82.9 Å². The van der Waals surface area contributed by atoms with Crippen molar-refractivity contribution in [2.45, 2.75) is 13.2 Å². The molecule has 0 saturated carbocycles. The number of aliphatic imine (C=N–C) groups is 1. The van der Waals surface area contributed by atoms with Gasteiger partial charge in [0.25, 0.3) is 0 Å². The van der Waals surface area contributed by atoms with E-state index in [1.807, 2.05) is 66.7 Å². The van der Waals surface area contributed by atoms with Crippen LogP contribution in [0.1, 0.15) is 11.1 Å². The number of rotatable bonds is 7. The summed E-state index contributed by atoms with van der Waals surface area (Å²) in [4.78, 5) is 4.07. The van der Waals surface area contributed by atoms with Gasteiger partial charge in [-0.15, -0.1) is 0 Å². The van der Waals surface area contributed by atoms with Gasteiger partial charge in [-0.2, -0.15) is 0 Å². The Labute approximate surface area is 152 Å². The molecule has 3 rings (SSSR count). The molecule has 0 atom stereocenters. The van der Waals surface area contributed by atoms with E-state index in [4.69, 9.17) is 20.9 Å². The lowest BCUT2D eigenvalue weighted by molar-refractivity contribution is 0.256. The molecule has 3 aromatic carbocycles. The fraction of sp³-hybridized carbons (Fsp3) is 0.0952. The van der Waals surface area contributed by atoms with Gasteiger partial charge < -0.3 is 20.9 Å². The largest absolute Gasteiger partial charge is 0.485 e. The van der Waals surface area contributed by atoms with Crippen molar-refractivity contribution in [3.63, 3.8) is 0 Å². The minimum absolute atomic E-state index is 0.00281. The number of ether oxygens (including phenoxy) is 2. The summed E-state index contributed by atoms with van der Waals surface area (Å²) in [6.07, 6.45) is 0. The molecule has 5 nitrogen and oxygen atoms in total. The molecule has 0 radical (unpaired) electrons. The van der Waals surface area contributed by atoms with Crippen molar-refractivity contribution in [1.29, 1.82) is 0 Å². The Morgan fingerprint density at radius 1 is 0.692 bits per heavy atom. The molecule has 0 amide bonds. The molecule has 0 unspecified atom stereocenters. The predicted octanol–water partition coefficient (Wildman–Crippen LogP) is 3.75. The highest BCUT2D eigenvalue weighted by atomic mass is 16.5. The maximum absolute atomic E-state index is 5.96. The fourth-order valence-electron chi connectivity index (χ4n) is 2.42. The maximum Gasteiger partial charge on any atom is 0.191 e. The molecule has 0 fully saturated rings. The van der Waals surface area contributed by atoms with Crippen LogP contribution in [-0.4, -0.2) is 5.96 Å². The highest BCUT2D eigenvalue weighted by molar-refractivity contribution is 5.79. The van der Waals surface area contributed by atoms with Crippen molar-refractivity contribution in [3.05, 3.63) is 90.0 Å². The first-order valence-corrected chi connectivity index (χ1v) is 8.28. The van der Waals surface area contributed by atoms with Gasteiger partial charge in [0, 0.05) is 6.07 Å². The highest BCUT2D eigenvalue weighted by Crippen LogP contribution is 2.33. The molecule has 0 aliphatic heterocycles. The molecule has 0 aliphatic carbocycles. The molecule has 0 bridgehead atoms. The van der Waals surface area contributed by atoms with Crippen LogP contribution in [0.15, 0.2) is 83.9 Å². The van der Waals surface area contributed by atoms with Crippen molar-refractivity contribution < 1.29 is 9.47 Å². The second-order valence-electron chi connectivity index (χ2n) is 5.72. The molecule has 0 aromatic heterocycles. The van der Waals surface area contributed by atoms with E-state index in [1.165, 1.54) is 0 Å². The Hall–Kier alpha value is -3.47. The third-order valence-corrected chi connectivity index (χ3v) is 3.66. The normalized spacial score (nSPS) is 10.2. The molecule has 0 saturated heterocycles. The highest BCUT2D eigenvalue weighted by Gasteiger charge is 2.08. The standard InChI is InChI=1S/C21H21N3O2/c22-21(23)24-18-11-12-19(25-14-16-7-3-1-4-8-16)20(13-18)26-15-17-9-5-2-6-10-17/h1-13H,14-15H2,(H4,22,23,24). The number of benzene rings is 3. The van der Waals surface area contributed by atoms with Gasteiger partial charge in [0.1, 0.15) is 13.2 Å². The first-order valence-electron chi connectivity index (χ1n) is 8.28. The molecule has 0 aliphatic rings. The van der Waals surface area contributed by atoms with Crippen molar-refractivity contribution in [1.82, 2.24) is 0 Å².